The summed E-state index contributed by atoms with van der Waals surface area (Å²) in [5.74, 6) is 1.80. The number of hydrogen-bond donors (Lipinski definition) is 2. The van der Waals surface area contributed by atoms with Crippen LogP contribution >= 0.6 is 15.9 Å². The van der Waals surface area contributed by atoms with Crippen molar-refractivity contribution in [1.29, 1.82) is 5.41 Å². The Morgan fingerprint density at radius 1 is 1.19 bits per heavy atom. The van der Waals surface area contributed by atoms with Crippen molar-refractivity contribution in [1.82, 2.24) is 0 Å². The molecule has 2 aromatic carbocycles. The Kier molecular flexibility index (Phi) is 5.02. The number of rotatable bonds is 5. The highest BCUT2D eigenvalue weighted by Gasteiger charge is 2.15. The van der Waals surface area contributed by atoms with E-state index in [0.717, 1.165) is 22.2 Å². The first kappa shape index (κ1) is 15.6. The molecule has 0 amide bonds. The lowest BCUT2D eigenvalue weighted by Gasteiger charge is -2.17. The van der Waals surface area contributed by atoms with E-state index in [1.54, 1.807) is 0 Å². The second kappa shape index (κ2) is 6.76. The number of nitrogens with one attached hydrogen (secondary N) is 1. The summed E-state index contributed by atoms with van der Waals surface area (Å²) < 4.78 is 6.81. The van der Waals surface area contributed by atoms with Gasteiger partial charge in [-0.05, 0) is 52.0 Å². The van der Waals surface area contributed by atoms with Crippen LogP contribution in [0, 0.1) is 5.41 Å². The van der Waals surface area contributed by atoms with Gasteiger partial charge in [-0.3, -0.25) is 5.41 Å². The summed E-state index contributed by atoms with van der Waals surface area (Å²) in [4.78, 5) is 0. The molecule has 2 rings (SSSR count). The van der Waals surface area contributed by atoms with Crippen LogP contribution in [0.3, 0.4) is 0 Å². The first-order valence-electron chi connectivity index (χ1n) is 6.94. The SMILES string of the molecule is CCC(C)c1ccccc1Oc1cccc(Br)c1C(=N)N. The quantitative estimate of drug-likeness (QED) is 0.588. The Hall–Kier alpha value is -1.81. The maximum atomic E-state index is 7.72. The summed E-state index contributed by atoms with van der Waals surface area (Å²) in [5.41, 5.74) is 7.41. The molecule has 0 radical (unpaired) electrons. The second-order valence-electron chi connectivity index (χ2n) is 4.98. The average Bonchev–Trinajstić information content (AvgIpc) is 2.46. The Morgan fingerprint density at radius 2 is 1.86 bits per heavy atom. The van der Waals surface area contributed by atoms with Gasteiger partial charge in [0.25, 0.3) is 0 Å². The van der Waals surface area contributed by atoms with E-state index in [0.29, 0.717) is 17.2 Å². The molecule has 2 aromatic rings. The maximum absolute atomic E-state index is 7.72. The van der Waals surface area contributed by atoms with Crippen LogP contribution in [-0.4, -0.2) is 5.84 Å². The van der Waals surface area contributed by atoms with Crippen molar-refractivity contribution < 1.29 is 4.74 Å². The smallest absolute Gasteiger partial charge is 0.139 e. The predicted molar refractivity (Wildman–Crippen MR) is 90.4 cm³/mol. The summed E-state index contributed by atoms with van der Waals surface area (Å²) in [7, 11) is 0. The Morgan fingerprint density at radius 3 is 2.52 bits per heavy atom. The van der Waals surface area contributed by atoms with Gasteiger partial charge in [-0.1, -0.05) is 38.1 Å². The van der Waals surface area contributed by atoms with Crippen LogP contribution in [0.4, 0.5) is 0 Å². The zero-order valence-corrected chi connectivity index (χ0v) is 13.8. The number of amidine groups is 1. The highest BCUT2D eigenvalue weighted by molar-refractivity contribution is 9.10. The van der Waals surface area contributed by atoms with E-state index < -0.39 is 0 Å². The summed E-state index contributed by atoms with van der Waals surface area (Å²) >= 11 is 3.42. The first-order chi connectivity index (χ1) is 10.0. The largest absolute Gasteiger partial charge is 0.456 e. The van der Waals surface area contributed by atoms with E-state index in [2.05, 4.69) is 35.8 Å². The minimum absolute atomic E-state index is 0.0153. The normalized spacial score (nSPS) is 12.0. The monoisotopic (exact) mass is 346 g/mol. The molecule has 0 aliphatic carbocycles. The van der Waals surface area contributed by atoms with E-state index in [-0.39, 0.29) is 5.84 Å². The van der Waals surface area contributed by atoms with Crippen LogP contribution in [0.25, 0.3) is 0 Å². The molecule has 0 saturated heterocycles. The highest BCUT2D eigenvalue weighted by atomic mass is 79.9. The van der Waals surface area contributed by atoms with Gasteiger partial charge >= 0.3 is 0 Å². The summed E-state index contributed by atoms with van der Waals surface area (Å²) in [6.45, 7) is 4.33. The van der Waals surface area contributed by atoms with E-state index in [9.17, 15) is 0 Å². The summed E-state index contributed by atoms with van der Waals surface area (Å²) in [5, 5.41) is 7.72. The highest BCUT2D eigenvalue weighted by Crippen LogP contribution is 2.35. The number of ether oxygens (including phenoxy) is 1. The number of benzene rings is 2. The van der Waals surface area contributed by atoms with E-state index in [1.165, 1.54) is 0 Å². The third-order valence-corrected chi connectivity index (χ3v) is 4.19. The minimum atomic E-state index is -0.0153. The summed E-state index contributed by atoms with van der Waals surface area (Å²) in [6.07, 6.45) is 1.04. The van der Waals surface area contributed by atoms with Gasteiger partial charge in [0.05, 0.1) is 5.56 Å². The average molecular weight is 347 g/mol. The topological polar surface area (TPSA) is 59.1 Å². The fraction of sp³-hybridized carbons (Fsp3) is 0.235. The minimum Gasteiger partial charge on any atom is -0.456 e. The Balaban J connectivity index is 2.44. The molecule has 1 atom stereocenters. The molecule has 0 heterocycles. The van der Waals surface area contributed by atoms with Crippen molar-refractivity contribution in [3.8, 4) is 11.5 Å². The van der Waals surface area contributed by atoms with Crippen LogP contribution in [-0.2, 0) is 0 Å². The number of para-hydroxylation sites is 1. The van der Waals surface area contributed by atoms with E-state index in [4.69, 9.17) is 15.9 Å². The van der Waals surface area contributed by atoms with Crippen molar-refractivity contribution >= 4 is 21.8 Å². The second-order valence-corrected chi connectivity index (χ2v) is 5.83. The van der Waals surface area contributed by atoms with Crippen molar-refractivity contribution in [2.24, 2.45) is 5.73 Å². The molecule has 21 heavy (non-hydrogen) atoms. The van der Waals surface area contributed by atoms with Crippen molar-refractivity contribution in [3.63, 3.8) is 0 Å². The standard InChI is InChI=1S/C17H19BrN2O/c1-3-11(2)12-7-4-5-9-14(12)21-15-10-6-8-13(18)16(15)17(19)20/h4-11H,3H2,1-2H3,(H3,19,20). The fourth-order valence-corrected chi connectivity index (χ4v) is 2.73. The molecule has 110 valence electrons. The van der Waals surface area contributed by atoms with Gasteiger partial charge < -0.3 is 10.5 Å². The van der Waals surface area contributed by atoms with Crippen LogP contribution < -0.4 is 10.5 Å². The van der Waals surface area contributed by atoms with Crippen molar-refractivity contribution in [3.05, 3.63) is 58.1 Å². The maximum Gasteiger partial charge on any atom is 0.139 e. The third-order valence-electron chi connectivity index (χ3n) is 3.53. The van der Waals surface area contributed by atoms with E-state index >= 15 is 0 Å². The number of halogens is 1. The molecule has 4 heteroatoms. The zero-order chi connectivity index (χ0) is 15.4. The van der Waals surface area contributed by atoms with Crippen molar-refractivity contribution in [2.75, 3.05) is 0 Å². The number of nitrogens with two attached hydrogens (primary N) is 1. The molecule has 0 spiro atoms. The molecule has 0 saturated carbocycles. The van der Waals surface area contributed by atoms with Crippen LogP contribution in [0.1, 0.15) is 37.3 Å². The molecular weight excluding hydrogens is 328 g/mol. The number of hydrogen-bond acceptors (Lipinski definition) is 2. The van der Waals surface area contributed by atoms with Crippen LogP contribution in [0.15, 0.2) is 46.9 Å². The molecule has 0 aromatic heterocycles. The lowest BCUT2D eigenvalue weighted by atomic mass is 9.98. The van der Waals surface area contributed by atoms with Gasteiger partial charge in [-0.15, -0.1) is 0 Å². The predicted octanol–water partition coefficient (Wildman–Crippen LogP) is 5.04. The lowest BCUT2D eigenvalue weighted by molar-refractivity contribution is 0.469. The molecule has 0 aliphatic rings. The van der Waals surface area contributed by atoms with Crippen LogP contribution in [0.5, 0.6) is 11.5 Å². The molecule has 0 bridgehead atoms. The van der Waals surface area contributed by atoms with Crippen molar-refractivity contribution in [2.45, 2.75) is 26.2 Å². The van der Waals surface area contributed by atoms with Gasteiger partial charge in [0.1, 0.15) is 17.3 Å². The molecule has 3 nitrogen and oxygen atoms in total. The fourth-order valence-electron chi connectivity index (χ4n) is 2.17. The Bertz CT molecular complexity index is 655. The van der Waals surface area contributed by atoms with Gasteiger partial charge in [-0.25, -0.2) is 0 Å². The lowest BCUT2D eigenvalue weighted by Crippen LogP contribution is -2.13. The van der Waals surface area contributed by atoms with Crippen LogP contribution in [0.2, 0.25) is 0 Å². The third kappa shape index (κ3) is 3.45. The summed E-state index contributed by atoms with van der Waals surface area (Å²) in [6, 6.07) is 13.5. The Labute approximate surface area is 133 Å². The molecule has 1 unspecified atom stereocenters. The first-order valence-corrected chi connectivity index (χ1v) is 7.73. The molecule has 0 aliphatic heterocycles. The number of nitrogen functional groups attached to an aromatic ring is 1. The van der Waals surface area contributed by atoms with Gasteiger partial charge in [0.15, 0.2) is 0 Å². The molecule has 3 N–H and O–H groups in total. The van der Waals surface area contributed by atoms with Gasteiger partial charge in [0.2, 0.25) is 0 Å². The van der Waals surface area contributed by atoms with Gasteiger partial charge in [-0.2, -0.15) is 0 Å². The zero-order valence-electron chi connectivity index (χ0n) is 12.2. The van der Waals surface area contributed by atoms with Gasteiger partial charge in [0, 0.05) is 4.47 Å². The van der Waals surface area contributed by atoms with E-state index in [1.807, 2.05) is 36.4 Å². The molecular formula is C17H19BrN2O. The molecule has 0 fully saturated rings.